The predicted octanol–water partition coefficient (Wildman–Crippen LogP) is 2.82. The number of amides is 2. The third-order valence-electron chi connectivity index (χ3n) is 5.10. The Balaban J connectivity index is 3.15. The van der Waals surface area contributed by atoms with Crippen molar-refractivity contribution in [3.8, 4) is 0 Å². The summed E-state index contributed by atoms with van der Waals surface area (Å²) in [6.07, 6.45) is 1.29. The maximum Gasteiger partial charge on any atom is 0.249 e. The fraction of sp³-hybridized carbons (Fsp3) is 0.882. The van der Waals surface area contributed by atoms with Crippen molar-refractivity contribution in [1.82, 2.24) is 10.2 Å². The first kappa shape index (κ1) is 18.0. The molecule has 4 nitrogen and oxygen atoms in total. The van der Waals surface area contributed by atoms with Crippen LogP contribution in [-0.2, 0) is 9.59 Å². The minimum Gasteiger partial charge on any atom is -0.340 e. The zero-order valence-corrected chi connectivity index (χ0v) is 14.7. The van der Waals surface area contributed by atoms with Crippen molar-refractivity contribution in [1.29, 1.82) is 0 Å². The Morgan fingerprint density at radius 3 is 2.00 bits per heavy atom. The molecule has 2 unspecified atom stereocenters. The van der Waals surface area contributed by atoms with Crippen molar-refractivity contribution in [2.45, 2.75) is 72.9 Å². The van der Waals surface area contributed by atoms with Gasteiger partial charge in [-0.2, -0.15) is 0 Å². The van der Waals surface area contributed by atoms with E-state index in [1.54, 1.807) is 0 Å². The molecule has 1 N–H and O–H groups in total. The van der Waals surface area contributed by atoms with E-state index in [-0.39, 0.29) is 23.8 Å². The maximum atomic E-state index is 13.0. The highest BCUT2D eigenvalue weighted by Gasteiger charge is 2.49. The van der Waals surface area contributed by atoms with Gasteiger partial charge in [-0.3, -0.25) is 9.59 Å². The van der Waals surface area contributed by atoms with E-state index in [2.05, 4.69) is 26.1 Å². The molecule has 4 heteroatoms. The van der Waals surface area contributed by atoms with Gasteiger partial charge in [-0.25, -0.2) is 0 Å². The number of rotatable bonds is 6. The van der Waals surface area contributed by atoms with Crippen LogP contribution in [0.5, 0.6) is 0 Å². The molecule has 1 rings (SSSR count). The Morgan fingerprint density at radius 1 is 1.10 bits per heavy atom. The Morgan fingerprint density at radius 2 is 1.62 bits per heavy atom. The van der Waals surface area contributed by atoms with E-state index in [9.17, 15) is 9.59 Å². The van der Waals surface area contributed by atoms with E-state index in [1.807, 2.05) is 32.6 Å². The predicted molar refractivity (Wildman–Crippen MR) is 85.8 cm³/mol. The van der Waals surface area contributed by atoms with E-state index >= 15 is 0 Å². The first-order valence-corrected chi connectivity index (χ1v) is 8.33. The van der Waals surface area contributed by atoms with Crippen LogP contribution in [0, 0.1) is 17.8 Å². The maximum absolute atomic E-state index is 13.0. The fourth-order valence-electron chi connectivity index (χ4n) is 3.02. The summed E-state index contributed by atoms with van der Waals surface area (Å²) in [4.78, 5) is 27.5. The Labute approximate surface area is 129 Å². The molecule has 122 valence electrons. The SMILES string of the molecule is CCC1(CC)NC(=O)C(C(C)C)N(CC(C)C(C)C)C1=O. The van der Waals surface area contributed by atoms with Crippen molar-refractivity contribution in [3.05, 3.63) is 0 Å². The second-order valence-corrected chi connectivity index (χ2v) is 7.15. The van der Waals surface area contributed by atoms with Crippen molar-refractivity contribution in [3.63, 3.8) is 0 Å². The smallest absolute Gasteiger partial charge is 0.249 e. The summed E-state index contributed by atoms with van der Waals surface area (Å²) in [5, 5.41) is 3.01. The largest absolute Gasteiger partial charge is 0.340 e. The van der Waals surface area contributed by atoms with Gasteiger partial charge in [-0.1, -0.05) is 48.5 Å². The first-order valence-electron chi connectivity index (χ1n) is 8.33. The number of hydrogen-bond donors (Lipinski definition) is 1. The van der Waals surface area contributed by atoms with Gasteiger partial charge >= 0.3 is 0 Å². The third-order valence-corrected chi connectivity index (χ3v) is 5.10. The van der Waals surface area contributed by atoms with Crippen LogP contribution in [0.25, 0.3) is 0 Å². The highest BCUT2D eigenvalue weighted by Crippen LogP contribution is 2.29. The molecule has 2 atom stereocenters. The van der Waals surface area contributed by atoms with Crippen molar-refractivity contribution >= 4 is 11.8 Å². The lowest BCUT2D eigenvalue weighted by Gasteiger charge is -2.47. The van der Waals surface area contributed by atoms with Gasteiger partial charge in [0.1, 0.15) is 11.6 Å². The number of nitrogens with zero attached hydrogens (tertiary/aromatic N) is 1. The molecule has 1 aliphatic heterocycles. The van der Waals surface area contributed by atoms with Crippen LogP contribution in [0.3, 0.4) is 0 Å². The van der Waals surface area contributed by atoms with Crippen LogP contribution < -0.4 is 5.32 Å². The molecule has 1 heterocycles. The average Bonchev–Trinajstić information content (AvgIpc) is 2.41. The number of carbonyl (C=O) groups is 2. The summed E-state index contributed by atoms with van der Waals surface area (Å²) < 4.78 is 0. The van der Waals surface area contributed by atoms with Crippen LogP contribution in [0.1, 0.15) is 61.3 Å². The van der Waals surface area contributed by atoms with E-state index in [1.165, 1.54) is 0 Å². The molecule has 0 aromatic heterocycles. The third kappa shape index (κ3) is 3.41. The summed E-state index contributed by atoms with van der Waals surface area (Å²) in [6, 6.07) is -0.343. The van der Waals surface area contributed by atoms with Crippen LogP contribution in [0.2, 0.25) is 0 Å². The molecule has 0 bridgehead atoms. The lowest BCUT2D eigenvalue weighted by molar-refractivity contribution is -0.158. The Kier molecular flexibility index (Phi) is 5.83. The molecule has 0 aromatic carbocycles. The zero-order valence-electron chi connectivity index (χ0n) is 14.7. The summed E-state index contributed by atoms with van der Waals surface area (Å²) in [5.74, 6) is 1.10. The van der Waals surface area contributed by atoms with Gasteiger partial charge in [0.05, 0.1) is 0 Å². The number of hydrogen-bond acceptors (Lipinski definition) is 2. The second-order valence-electron chi connectivity index (χ2n) is 7.15. The van der Waals surface area contributed by atoms with Crippen LogP contribution >= 0.6 is 0 Å². The average molecular weight is 296 g/mol. The molecule has 1 saturated heterocycles. The zero-order chi connectivity index (χ0) is 16.4. The Bertz CT molecular complexity index is 386. The first-order chi connectivity index (χ1) is 9.70. The summed E-state index contributed by atoms with van der Waals surface area (Å²) in [6.45, 7) is 15.1. The number of carbonyl (C=O) groups excluding carboxylic acids is 2. The molecular weight excluding hydrogens is 264 g/mol. The van der Waals surface area contributed by atoms with Gasteiger partial charge < -0.3 is 10.2 Å². The van der Waals surface area contributed by atoms with E-state index in [0.29, 0.717) is 31.2 Å². The highest BCUT2D eigenvalue weighted by molar-refractivity contribution is 5.99. The van der Waals surface area contributed by atoms with Gasteiger partial charge in [-0.15, -0.1) is 0 Å². The van der Waals surface area contributed by atoms with Crippen LogP contribution in [-0.4, -0.2) is 34.8 Å². The lowest BCUT2D eigenvalue weighted by atomic mass is 9.83. The molecule has 0 radical (unpaired) electrons. The second kappa shape index (κ2) is 6.80. The minimum atomic E-state index is -0.709. The molecular formula is C17H32N2O2. The quantitative estimate of drug-likeness (QED) is 0.819. The molecule has 2 amide bonds. The lowest BCUT2D eigenvalue weighted by Crippen LogP contribution is -2.71. The fourth-order valence-corrected chi connectivity index (χ4v) is 3.02. The van der Waals surface area contributed by atoms with Gasteiger partial charge in [0.15, 0.2) is 0 Å². The monoisotopic (exact) mass is 296 g/mol. The highest BCUT2D eigenvalue weighted by atomic mass is 16.2. The van der Waals surface area contributed by atoms with Gasteiger partial charge in [0, 0.05) is 6.54 Å². The summed E-state index contributed by atoms with van der Waals surface area (Å²) in [5.41, 5.74) is -0.709. The molecule has 0 aliphatic carbocycles. The molecule has 0 aromatic rings. The van der Waals surface area contributed by atoms with Crippen molar-refractivity contribution in [2.24, 2.45) is 17.8 Å². The van der Waals surface area contributed by atoms with Crippen molar-refractivity contribution < 1.29 is 9.59 Å². The van der Waals surface area contributed by atoms with Gasteiger partial charge in [-0.05, 0) is 30.6 Å². The summed E-state index contributed by atoms with van der Waals surface area (Å²) in [7, 11) is 0. The van der Waals surface area contributed by atoms with Crippen LogP contribution in [0.4, 0.5) is 0 Å². The molecule has 0 saturated carbocycles. The van der Waals surface area contributed by atoms with E-state index < -0.39 is 5.54 Å². The van der Waals surface area contributed by atoms with Gasteiger partial charge in [0.2, 0.25) is 11.8 Å². The van der Waals surface area contributed by atoms with Gasteiger partial charge in [0.25, 0.3) is 0 Å². The normalized spacial score (nSPS) is 23.7. The molecule has 0 spiro atoms. The Hall–Kier alpha value is -1.06. The van der Waals surface area contributed by atoms with E-state index in [0.717, 1.165) is 0 Å². The van der Waals surface area contributed by atoms with E-state index in [4.69, 9.17) is 0 Å². The number of piperazine rings is 1. The summed E-state index contributed by atoms with van der Waals surface area (Å²) >= 11 is 0. The number of nitrogens with one attached hydrogen (secondary N) is 1. The minimum absolute atomic E-state index is 0.00394. The topological polar surface area (TPSA) is 49.4 Å². The molecule has 21 heavy (non-hydrogen) atoms. The van der Waals surface area contributed by atoms with Crippen molar-refractivity contribution in [2.75, 3.05) is 6.54 Å². The molecule has 1 fully saturated rings. The van der Waals surface area contributed by atoms with Crippen LogP contribution in [0.15, 0.2) is 0 Å². The standard InChI is InChI=1S/C17H32N2O2/c1-8-17(9-2)16(21)19(10-13(7)11(3)4)14(12(5)6)15(20)18-17/h11-14H,8-10H2,1-7H3,(H,18,20). The molecule has 1 aliphatic rings.